The van der Waals surface area contributed by atoms with Crippen molar-refractivity contribution in [3.63, 3.8) is 0 Å². The van der Waals surface area contributed by atoms with Gasteiger partial charge in [0.2, 0.25) is 0 Å². The van der Waals surface area contributed by atoms with Crippen LogP contribution in [0.15, 0.2) is 28.4 Å². The summed E-state index contributed by atoms with van der Waals surface area (Å²) in [7, 11) is 2.04. The van der Waals surface area contributed by atoms with E-state index < -0.39 is 0 Å². The summed E-state index contributed by atoms with van der Waals surface area (Å²) in [6, 6.07) is 1.98. The molecule has 2 aromatic rings. The summed E-state index contributed by atoms with van der Waals surface area (Å²) in [5.74, 6) is 0. The van der Waals surface area contributed by atoms with E-state index in [1.165, 1.54) is 0 Å². The lowest BCUT2D eigenvalue weighted by molar-refractivity contribution is 0.563. The standard InChI is InChI=1S/C12H17N3OS/c1-3-13-6-11-9-17-12(14-11)15(2)7-10-4-5-16-8-10/h4-5,8-9,13H,3,6-7H2,1-2H3. The van der Waals surface area contributed by atoms with E-state index in [-0.39, 0.29) is 0 Å². The van der Waals surface area contributed by atoms with Gasteiger partial charge >= 0.3 is 0 Å². The quantitative estimate of drug-likeness (QED) is 0.856. The monoisotopic (exact) mass is 251 g/mol. The Hall–Kier alpha value is -1.33. The third-order valence-electron chi connectivity index (χ3n) is 2.42. The van der Waals surface area contributed by atoms with Crippen molar-refractivity contribution < 1.29 is 4.42 Å². The Morgan fingerprint density at radius 3 is 3.12 bits per heavy atom. The number of hydrogen-bond acceptors (Lipinski definition) is 5. The Morgan fingerprint density at radius 1 is 1.53 bits per heavy atom. The van der Waals surface area contributed by atoms with Crippen molar-refractivity contribution in [2.24, 2.45) is 0 Å². The summed E-state index contributed by atoms with van der Waals surface area (Å²) in [5.41, 5.74) is 2.27. The summed E-state index contributed by atoms with van der Waals surface area (Å²) in [6.45, 7) is 4.73. The van der Waals surface area contributed by atoms with Crippen LogP contribution in [0.4, 0.5) is 5.13 Å². The van der Waals surface area contributed by atoms with Crippen molar-refractivity contribution in [1.29, 1.82) is 0 Å². The molecule has 1 N–H and O–H groups in total. The Morgan fingerprint density at radius 2 is 2.41 bits per heavy atom. The first-order valence-corrected chi connectivity index (χ1v) is 6.55. The molecular formula is C12H17N3OS. The molecule has 0 spiro atoms. The number of furan rings is 1. The van der Waals surface area contributed by atoms with Crippen LogP contribution < -0.4 is 10.2 Å². The second-order valence-corrected chi connectivity index (χ2v) is 4.73. The zero-order valence-electron chi connectivity index (χ0n) is 10.1. The van der Waals surface area contributed by atoms with Crippen molar-refractivity contribution in [1.82, 2.24) is 10.3 Å². The number of hydrogen-bond donors (Lipinski definition) is 1. The maximum atomic E-state index is 5.06. The molecule has 0 aromatic carbocycles. The van der Waals surface area contributed by atoms with Gasteiger partial charge in [0.1, 0.15) is 0 Å². The third-order valence-corrected chi connectivity index (χ3v) is 3.43. The fourth-order valence-corrected chi connectivity index (χ4v) is 2.32. The number of anilines is 1. The molecule has 0 unspecified atom stereocenters. The van der Waals surface area contributed by atoms with E-state index in [1.807, 2.05) is 13.1 Å². The van der Waals surface area contributed by atoms with Crippen LogP contribution in [0.5, 0.6) is 0 Å². The maximum absolute atomic E-state index is 5.06. The smallest absolute Gasteiger partial charge is 0.185 e. The normalized spacial score (nSPS) is 10.7. The van der Waals surface area contributed by atoms with E-state index in [9.17, 15) is 0 Å². The molecular weight excluding hydrogens is 234 g/mol. The van der Waals surface area contributed by atoms with Crippen molar-refractivity contribution >= 4 is 16.5 Å². The van der Waals surface area contributed by atoms with Gasteiger partial charge in [-0.3, -0.25) is 0 Å². The van der Waals surface area contributed by atoms with Gasteiger partial charge in [0, 0.05) is 31.1 Å². The molecule has 0 atom stereocenters. The topological polar surface area (TPSA) is 41.3 Å². The molecule has 2 aromatic heterocycles. The van der Waals surface area contributed by atoms with Crippen LogP contribution >= 0.6 is 11.3 Å². The van der Waals surface area contributed by atoms with Gasteiger partial charge < -0.3 is 14.6 Å². The zero-order valence-corrected chi connectivity index (χ0v) is 11.0. The van der Waals surface area contributed by atoms with Crippen LogP contribution in [0, 0.1) is 0 Å². The van der Waals surface area contributed by atoms with Gasteiger partial charge in [-0.15, -0.1) is 11.3 Å². The number of rotatable bonds is 6. The van der Waals surface area contributed by atoms with E-state index >= 15 is 0 Å². The average Bonchev–Trinajstić information content (AvgIpc) is 2.96. The van der Waals surface area contributed by atoms with Gasteiger partial charge in [-0.2, -0.15) is 0 Å². The highest BCUT2D eigenvalue weighted by Gasteiger charge is 2.07. The van der Waals surface area contributed by atoms with Crippen molar-refractivity contribution in [3.05, 3.63) is 35.2 Å². The highest BCUT2D eigenvalue weighted by Crippen LogP contribution is 2.21. The first-order valence-electron chi connectivity index (χ1n) is 5.67. The van der Waals surface area contributed by atoms with E-state index in [2.05, 4.69) is 27.5 Å². The van der Waals surface area contributed by atoms with Crippen molar-refractivity contribution in [3.8, 4) is 0 Å². The summed E-state index contributed by atoms with van der Waals surface area (Å²) in [4.78, 5) is 6.71. The van der Waals surface area contributed by atoms with Crippen LogP contribution in [-0.4, -0.2) is 18.6 Å². The molecule has 5 heteroatoms. The van der Waals surface area contributed by atoms with Crippen LogP contribution in [0.2, 0.25) is 0 Å². The van der Waals surface area contributed by atoms with E-state index in [0.717, 1.165) is 36.0 Å². The number of nitrogens with one attached hydrogen (secondary N) is 1. The van der Waals surface area contributed by atoms with Crippen LogP contribution in [0.25, 0.3) is 0 Å². The molecule has 0 aliphatic rings. The molecule has 0 aliphatic heterocycles. The Labute approximate surface area is 105 Å². The minimum atomic E-state index is 0.824. The minimum Gasteiger partial charge on any atom is -0.472 e. The number of nitrogens with zero attached hydrogens (tertiary/aromatic N) is 2. The van der Waals surface area contributed by atoms with Crippen molar-refractivity contribution in [2.75, 3.05) is 18.5 Å². The summed E-state index contributed by atoms with van der Waals surface area (Å²) in [5, 5.41) is 6.41. The predicted octanol–water partition coefficient (Wildman–Crippen LogP) is 2.48. The third kappa shape index (κ3) is 3.31. The highest BCUT2D eigenvalue weighted by molar-refractivity contribution is 7.13. The zero-order chi connectivity index (χ0) is 12.1. The van der Waals surface area contributed by atoms with E-state index in [0.29, 0.717) is 0 Å². The SMILES string of the molecule is CCNCc1csc(N(C)Cc2ccoc2)n1. The molecule has 0 saturated heterocycles. The molecule has 92 valence electrons. The predicted molar refractivity (Wildman–Crippen MR) is 70.3 cm³/mol. The average molecular weight is 251 g/mol. The molecule has 0 aliphatic carbocycles. The first kappa shape index (κ1) is 12.1. The van der Waals surface area contributed by atoms with Gasteiger partial charge in [0.05, 0.1) is 18.2 Å². The molecule has 0 fully saturated rings. The van der Waals surface area contributed by atoms with Gasteiger partial charge in [-0.25, -0.2) is 4.98 Å². The second kappa shape index (κ2) is 5.84. The minimum absolute atomic E-state index is 0.824. The van der Waals surface area contributed by atoms with Gasteiger partial charge in [-0.05, 0) is 12.6 Å². The first-order chi connectivity index (χ1) is 8.29. The number of thiazole rings is 1. The highest BCUT2D eigenvalue weighted by atomic mass is 32.1. The largest absolute Gasteiger partial charge is 0.472 e. The molecule has 0 radical (unpaired) electrons. The summed E-state index contributed by atoms with van der Waals surface area (Å²) in [6.07, 6.45) is 3.46. The Bertz CT molecular complexity index is 438. The lowest BCUT2D eigenvalue weighted by Crippen LogP contribution is -2.16. The van der Waals surface area contributed by atoms with E-state index in [1.54, 1.807) is 23.9 Å². The van der Waals surface area contributed by atoms with Gasteiger partial charge in [0.15, 0.2) is 5.13 Å². The Kier molecular flexibility index (Phi) is 4.17. The van der Waals surface area contributed by atoms with Crippen molar-refractivity contribution in [2.45, 2.75) is 20.0 Å². The Balaban J connectivity index is 1.94. The van der Waals surface area contributed by atoms with E-state index in [4.69, 9.17) is 4.42 Å². The van der Waals surface area contributed by atoms with Crippen LogP contribution in [0.3, 0.4) is 0 Å². The van der Waals surface area contributed by atoms with Crippen LogP contribution in [-0.2, 0) is 13.1 Å². The van der Waals surface area contributed by atoms with Gasteiger partial charge in [-0.1, -0.05) is 6.92 Å². The number of aromatic nitrogens is 1. The lowest BCUT2D eigenvalue weighted by Gasteiger charge is -2.13. The fourth-order valence-electron chi connectivity index (χ4n) is 1.53. The van der Waals surface area contributed by atoms with Crippen LogP contribution in [0.1, 0.15) is 18.2 Å². The summed E-state index contributed by atoms with van der Waals surface area (Å²) < 4.78 is 5.06. The summed E-state index contributed by atoms with van der Waals surface area (Å²) >= 11 is 1.67. The lowest BCUT2D eigenvalue weighted by atomic mass is 10.3. The molecule has 2 heterocycles. The molecule has 0 bridgehead atoms. The molecule has 2 rings (SSSR count). The molecule has 4 nitrogen and oxygen atoms in total. The molecule has 0 saturated carbocycles. The maximum Gasteiger partial charge on any atom is 0.185 e. The second-order valence-electron chi connectivity index (χ2n) is 3.89. The fraction of sp³-hybridized carbons (Fsp3) is 0.417. The molecule has 17 heavy (non-hydrogen) atoms. The van der Waals surface area contributed by atoms with Gasteiger partial charge in [0.25, 0.3) is 0 Å². The molecule has 0 amide bonds.